The molecule has 2 amide bonds. The number of nitrogens with zero attached hydrogens (tertiary/aromatic N) is 2. The number of fused-ring (bicyclic) bond motifs is 2. The fraction of sp³-hybridized carbons (Fsp3) is 0.238. The van der Waals surface area contributed by atoms with Crippen molar-refractivity contribution in [3.05, 3.63) is 140 Å². The molecule has 0 radical (unpaired) electrons. The highest BCUT2D eigenvalue weighted by molar-refractivity contribution is 6.42. The van der Waals surface area contributed by atoms with Crippen LogP contribution < -0.4 is 24.3 Å². The van der Waals surface area contributed by atoms with Gasteiger partial charge in [0.25, 0.3) is 0 Å². The molecule has 4 aromatic carbocycles. The zero-order chi connectivity index (χ0) is 39.5. The average molecular weight is 799 g/mol. The van der Waals surface area contributed by atoms with Gasteiger partial charge in [0.05, 0.1) is 16.6 Å². The minimum atomic E-state index is -1.31. The number of carbonyl (C=O) groups is 3. The normalized spacial score (nSPS) is 16.3. The van der Waals surface area contributed by atoms with Gasteiger partial charge < -0.3 is 34.5 Å². The Labute approximate surface area is 332 Å². The predicted octanol–water partition coefficient (Wildman–Crippen LogP) is 8.11. The van der Waals surface area contributed by atoms with Crippen molar-refractivity contribution in [2.75, 3.05) is 6.61 Å². The van der Waals surface area contributed by atoms with Crippen LogP contribution in [0.25, 0.3) is 0 Å². The van der Waals surface area contributed by atoms with Crippen LogP contribution in [0.4, 0.5) is 4.79 Å². The summed E-state index contributed by atoms with van der Waals surface area (Å²) in [6, 6.07) is 22.4. The lowest BCUT2D eigenvalue weighted by atomic mass is 9.92. The number of hydrogen-bond donors (Lipinski definition) is 3. The largest absolute Gasteiger partial charge is 0.489 e. The Morgan fingerprint density at radius 1 is 0.893 bits per heavy atom. The lowest BCUT2D eigenvalue weighted by Crippen LogP contribution is -2.55. The topological polar surface area (TPSA) is 157 Å². The number of carboxylic acids is 1. The number of rotatable bonds is 11. The number of aryl methyl sites for hydroxylation is 1. The van der Waals surface area contributed by atoms with E-state index in [1.807, 2.05) is 44.2 Å². The minimum Gasteiger partial charge on any atom is -0.489 e. The third-order valence-electron chi connectivity index (χ3n) is 9.86. The summed E-state index contributed by atoms with van der Waals surface area (Å²) in [5.41, 5.74) is 5.48. The maximum absolute atomic E-state index is 13.6. The van der Waals surface area contributed by atoms with Crippen LogP contribution >= 0.6 is 23.2 Å². The van der Waals surface area contributed by atoms with E-state index in [1.54, 1.807) is 60.8 Å². The van der Waals surface area contributed by atoms with Gasteiger partial charge in [0.2, 0.25) is 5.91 Å². The van der Waals surface area contributed by atoms with Crippen molar-refractivity contribution in [2.45, 2.75) is 58.0 Å². The number of nitrogens with one attached hydrogen (secondary N) is 1. The average Bonchev–Trinajstić information content (AvgIpc) is 3.19. The van der Waals surface area contributed by atoms with Crippen molar-refractivity contribution in [1.29, 1.82) is 0 Å². The number of halogens is 2. The van der Waals surface area contributed by atoms with Crippen molar-refractivity contribution in [2.24, 2.45) is 0 Å². The maximum Gasteiger partial charge on any atom is 0.408 e. The molecule has 56 heavy (non-hydrogen) atoms. The first kappa shape index (κ1) is 38.3. The van der Waals surface area contributed by atoms with E-state index in [0.717, 1.165) is 27.3 Å². The number of pyridine rings is 1. The van der Waals surface area contributed by atoms with Gasteiger partial charge in [0, 0.05) is 30.3 Å². The standard InChI is InChI=1S/C42H37Cl2N3O9/c1-23-24(2)45-14-13-36(23)55-31-8-3-25(4-9-31)16-34(41(49)50)46-40(48)35-17-28-18-37-38(19-29(28)20-47(35)42(51)52)56-39(22-54-37)27-6-10-30(11-7-27)53-21-26-5-12-32(43)33(44)15-26/h3-15,18-19,34-35,39H,16-17,20-22H2,1-2H3,(H,46,48)(H,49,50)(H,51,52)/t34-,35-,39+/m0/s1. The molecule has 0 bridgehead atoms. The van der Waals surface area contributed by atoms with Gasteiger partial charge in [0.1, 0.15) is 42.5 Å². The smallest absolute Gasteiger partial charge is 0.408 e. The summed E-state index contributed by atoms with van der Waals surface area (Å²) in [4.78, 5) is 43.6. The van der Waals surface area contributed by atoms with Crippen molar-refractivity contribution >= 4 is 41.2 Å². The van der Waals surface area contributed by atoms with E-state index < -0.39 is 36.2 Å². The van der Waals surface area contributed by atoms with E-state index in [9.17, 15) is 24.6 Å². The van der Waals surface area contributed by atoms with Crippen molar-refractivity contribution in [1.82, 2.24) is 15.2 Å². The lowest BCUT2D eigenvalue weighted by molar-refractivity contribution is -0.142. The molecule has 2 aliphatic heterocycles. The third-order valence-corrected chi connectivity index (χ3v) is 10.6. The monoisotopic (exact) mass is 797 g/mol. The summed E-state index contributed by atoms with van der Waals surface area (Å²) in [6.07, 6.45) is -0.0980. The Balaban J connectivity index is 0.987. The fourth-order valence-corrected chi connectivity index (χ4v) is 6.90. The number of carbonyl (C=O) groups excluding carboxylic acids is 1. The zero-order valence-electron chi connectivity index (χ0n) is 30.3. The first-order valence-corrected chi connectivity index (χ1v) is 18.5. The predicted molar refractivity (Wildman–Crippen MR) is 207 cm³/mol. The van der Waals surface area contributed by atoms with E-state index in [4.69, 9.17) is 42.1 Å². The Bertz CT molecular complexity index is 2290. The molecular formula is C42H37Cl2N3O9. The van der Waals surface area contributed by atoms with Gasteiger partial charge >= 0.3 is 12.1 Å². The van der Waals surface area contributed by atoms with Gasteiger partial charge in [-0.1, -0.05) is 53.5 Å². The molecule has 0 spiro atoms. The van der Waals surface area contributed by atoms with Crippen molar-refractivity contribution in [3.63, 3.8) is 0 Å². The van der Waals surface area contributed by atoms with Crippen LogP contribution in [0.15, 0.2) is 91.1 Å². The molecule has 3 heterocycles. The summed E-state index contributed by atoms with van der Waals surface area (Å²) in [5, 5.41) is 23.7. The van der Waals surface area contributed by atoms with Gasteiger partial charge in [-0.15, -0.1) is 0 Å². The summed E-state index contributed by atoms with van der Waals surface area (Å²) >= 11 is 12.1. The molecule has 0 saturated carbocycles. The molecule has 0 fully saturated rings. The van der Waals surface area contributed by atoms with Crippen molar-refractivity contribution in [3.8, 4) is 28.7 Å². The van der Waals surface area contributed by atoms with Gasteiger partial charge in [-0.2, -0.15) is 0 Å². The van der Waals surface area contributed by atoms with E-state index in [1.165, 1.54) is 0 Å². The summed E-state index contributed by atoms with van der Waals surface area (Å²) < 4.78 is 24.3. The molecule has 1 aromatic heterocycles. The maximum atomic E-state index is 13.6. The molecule has 0 saturated heterocycles. The SMILES string of the molecule is Cc1nccc(Oc2ccc(C[C@H](NC(=O)[C@@H]3Cc4cc5c(cc4CN3C(=O)O)O[C@@H](c3ccc(OCc4ccc(Cl)c(Cl)c4)cc3)CO5)C(=O)O)cc2)c1C. The van der Waals surface area contributed by atoms with Crippen molar-refractivity contribution < 1.29 is 43.5 Å². The number of carboxylic acid groups (broad SMARTS) is 2. The third kappa shape index (κ3) is 8.61. The molecule has 2 aliphatic rings. The molecule has 14 heteroatoms. The summed E-state index contributed by atoms with van der Waals surface area (Å²) in [6.45, 7) is 4.23. The number of amides is 2. The van der Waals surface area contributed by atoms with Crippen LogP contribution in [0.3, 0.4) is 0 Å². The first-order valence-electron chi connectivity index (χ1n) is 17.8. The second kappa shape index (κ2) is 16.4. The Kier molecular flexibility index (Phi) is 11.2. The van der Waals surface area contributed by atoms with Gasteiger partial charge in [-0.3, -0.25) is 14.7 Å². The Hall–Kier alpha value is -5.98. The van der Waals surface area contributed by atoms with Crippen LogP contribution in [-0.2, 0) is 35.6 Å². The first-order chi connectivity index (χ1) is 26.9. The van der Waals surface area contributed by atoms with E-state index >= 15 is 0 Å². The highest BCUT2D eigenvalue weighted by atomic mass is 35.5. The van der Waals surface area contributed by atoms with Gasteiger partial charge in [0.15, 0.2) is 17.6 Å². The fourth-order valence-electron chi connectivity index (χ4n) is 6.58. The van der Waals surface area contributed by atoms with Crippen LogP contribution in [-0.4, -0.2) is 56.8 Å². The molecule has 0 aliphatic carbocycles. The lowest BCUT2D eigenvalue weighted by Gasteiger charge is -2.36. The van der Waals surface area contributed by atoms with Gasteiger partial charge in [-0.05, 0) is 96.3 Å². The molecule has 3 atom stereocenters. The Morgan fingerprint density at radius 2 is 1.61 bits per heavy atom. The molecule has 5 aromatic rings. The van der Waals surface area contributed by atoms with E-state index in [2.05, 4.69) is 10.3 Å². The van der Waals surface area contributed by atoms with Crippen LogP contribution in [0, 0.1) is 13.8 Å². The van der Waals surface area contributed by atoms with Crippen LogP contribution in [0.2, 0.25) is 10.0 Å². The highest BCUT2D eigenvalue weighted by Gasteiger charge is 2.38. The van der Waals surface area contributed by atoms with E-state index in [-0.39, 0.29) is 26.0 Å². The number of aliphatic carboxylic acids is 1. The molecule has 12 nitrogen and oxygen atoms in total. The van der Waals surface area contributed by atoms with Crippen LogP contribution in [0.5, 0.6) is 28.7 Å². The number of ether oxygens (including phenoxy) is 4. The highest BCUT2D eigenvalue weighted by Crippen LogP contribution is 2.41. The minimum absolute atomic E-state index is 0.0174. The molecule has 3 N–H and O–H groups in total. The summed E-state index contributed by atoms with van der Waals surface area (Å²) in [7, 11) is 0. The number of aromatic nitrogens is 1. The second-order valence-electron chi connectivity index (χ2n) is 13.6. The quantitative estimate of drug-likeness (QED) is 0.119. The van der Waals surface area contributed by atoms with Crippen LogP contribution in [0.1, 0.15) is 45.2 Å². The molecule has 288 valence electrons. The number of benzene rings is 4. The number of hydrogen-bond acceptors (Lipinski definition) is 8. The zero-order valence-corrected chi connectivity index (χ0v) is 31.8. The van der Waals surface area contributed by atoms with Gasteiger partial charge in [-0.25, -0.2) is 9.59 Å². The molecular weight excluding hydrogens is 761 g/mol. The molecule has 0 unspecified atom stereocenters. The Morgan fingerprint density at radius 3 is 2.32 bits per heavy atom. The molecule has 7 rings (SSSR count). The second-order valence-corrected chi connectivity index (χ2v) is 14.4. The van der Waals surface area contributed by atoms with E-state index in [0.29, 0.717) is 62.1 Å². The summed E-state index contributed by atoms with van der Waals surface area (Å²) in [5.74, 6) is 0.817.